The molecule has 2 aliphatic rings. The zero-order valence-electron chi connectivity index (χ0n) is 14.5. The highest BCUT2D eigenvalue weighted by atomic mass is 35.5. The molecular weight excluding hydrogens is 342 g/mol. The van der Waals surface area contributed by atoms with Gasteiger partial charge in [0.2, 0.25) is 17.7 Å². The number of hydrogen-bond donors (Lipinski definition) is 0. The van der Waals surface area contributed by atoms with Crippen LogP contribution in [0, 0.1) is 12.8 Å². The molecule has 1 aromatic carbocycles. The lowest BCUT2D eigenvalue weighted by atomic mass is 10.1. The standard InChI is InChI=1S/C18H22ClN3O3/c1-12-15(19)4-3-5-16(12)22-11-14(10-17(22)24)18(25)21-8-6-20(7-9-21)13(2)23/h3-5,14H,6-11H2,1-2H3. The Kier molecular flexibility index (Phi) is 4.99. The lowest BCUT2D eigenvalue weighted by Crippen LogP contribution is -2.51. The molecule has 2 saturated heterocycles. The van der Waals surface area contributed by atoms with Gasteiger partial charge in [0.1, 0.15) is 0 Å². The van der Waals surface area contributed by atoms with Gasteiger partial charge in [-0.15, -0.1) is 0 Å². The van der Waals surface area contributed by atoms with Gasteiger partial charge in [0.15, 0.2) is 0 Å². The molecule has 1 aromatic rings. The number of rotatable bonds is 2. The molecule has 3 amide bonds. The molecule has 6 nitrogen and oxygen atoms in total. The number of nitrogens with zero attached hydrogens (tertiary/aromatic N) is 3. The lowest BCUT2D eigenvalue weighted by Gasteiger charge is -2.35. The third kappa shape index (κ3) is 3.49. The average molecular weight is 364 g/mol. The summed E-state index contributed by atoms with van der Waals surface area (Å²) in [6.45, 7) is 5.96. The van der Waals surface area contributed by atoms with E-state index in [0.29, 0.717) is 37.7 Å². The third-order valence-electron chi connectivity index (χ3n) is 5.04. The molecule has 0 saturated carbocycles. The van der Waals surface area contributed by atoms with Gasteiger partial charge in [-0.1, -0.05) is 17.7 Å². The molecule has 0 spiro atoms. The maximum absolute atomic E-state index is 12.8. The van der Waals surface area contributed by atoms with E-state index in [1.165, 1.54) is 6.92 Å². The molecule has 3 rings (SSSR count). The average Bonchev–Trinajstić information content (AvgIpc) is 2.98. The van der Waals surface area contributed by atoms with Crippen LogP contribution in [-0.2, 0) is 14.4 Å². The maximum Gasteiger partial charge on any atom is 0.228 e. The third-order valence-corrected chi connectivity index (χ3v) is 5.45. The molecule has 2 aliphatic heterocycles. The SMILES string of the molecule is CC(=O)N1CCN(C(=O)C2CC(=O)N(c3cccc(Cl)c3C)C2)CC1. The Bertz CT molecular complexity index is 714. The van der Waals surface area contributed by atoms with Crippen LogP contribution in [0.15, 0.2) is 18.2 Å². The van der Waals surface area contributed by atoms with Gasteiger partial charge in [-0.2, -0.15) is 0 Å². The fraction of sp³-hybridized carbons (Fsp3) is 0.500. The number of piperazine rings is 1. The van der Waals surface area contributed by atoms with Crippen molar-refractivity contribution in [2.75, 3.05) is 37.6 Å². The van der Waals surface area contributed by atoms with Crippen molar-refractivity contribution in [2.45, 2.75) is 20.3 Å². The number of amides is 3. The number of anilines is 1. The van der Waals surface area contributed by atoms with E-state index in [1.54, 1.807) is 20.8 Å². The number of carbonyl (C=O) groups is 3. The molecule has 0 radical (unpaired) electrons. The van der Waals surface area contributed by atoms with Crippen LogP contribution >= 0.6 is 11.6 Å². The van der Waals surface area contributed by atoms with Crippen molar-refractivity contribution in [1.82, 2.24) is 9.80 Å². The van der Waals surface area contributed by atoms with E-state index in [4.69, 9.17) is 11.6 Å². The Hall–Kier alpha value is -2.08. The first kappa shape index (κ1) is 17.7. The van der Waals surface area contributed by atoms with E-state index in [2.05, 4.69) is 0 Å². The van der Waals surface area contributed by atoms with Gasteiger partial charge in [-0.05, 0) is 24.6 Å². The van der Waals surface area contributed by atoms with Crippen LogP contribution in [0.1, 0.15) is 18.9 Å². The largest absolute Gasteiger partial charge is 0.339 e. The first-order valence-electron chi connectivity index (χ1n) is 8.48. The molecule has 7 heteroatoms. The van der Waals surface area contributed by atoms with E-state index in [0.717, 1.165) is 11.3 Å². The predicted octanol–water partition coefficient (Wildman–Crippen LogP) is 1.69. The first-order valence-corrected chi connectivity index (χ1v) is 8.86. The lowest BCUT2D eigenvalue weighted by molar-refractivity contribution is -0.141. The Morgan fingerprint density at radius 3 is 2.40 bits per heavy atom. The van der Waals surface area contributed by atoms with Crippen LogP contribution in [0.5, 0.6) is 0 Å². The van der Waals surface area contributed by atoms with E-state index >= 15 is 0 Å². The second-order valence-electron chi connectivity index (χ2n) is 6.62. The predicted molar refractivity (Wildman–Crippen MR) is 95.5 cm³/mol. The van der Waals surface area contributed by atoms with Crippen LogP contribution in [-0.4, -0.2) is 60.2 Å². The van der Waals surface area contributed by atoms with E-state index in [-0.39, 0.29) is 30.1 Å². The van der Waals surface area contributed by atoms with Gasteiger partial charge in [-0.3, -0.25) is 14.4 Å². The monoisotopic (exact) mass is 363 g/mol. The van der Waals surface area contributed by atoms with Crippen LogP contribution in [0.3, 0.4) is 0 Å². The summed E-state index contributed by atoms with van der Waals surface area (Å²) in [6, 6.07) is 5.46. The summed E-state index contributed by atoms with van der Waals surface area (Å²) in [5.74, 6) is -0.356. The zero-order chi connectivity index (χ0) is 18.1. The normalized spacial score (nSPS) is 21.0. The van der Waals surface area contributed by atoms with Crippen molar-refractivity contribution < 1.29 is 14.4 Å². The van der Waals surface area contributed by atoms with Crippen LogP contribution in [0.4, 0.5) is 5.69 Å². The van der Waals surface area contributed by atoms with Crippen LogP contribution < -0.4 is 4.90 Å². The molecular formula is C18H22ClN3O3. The molecule has 2 fully saturated rings. The minimum atomic E-state index is -0.338. The molecule has 1 unspecified atom stereocenters. The Labute approximate surface area is 152 Å². The Morgan fingerprint density at radius 1 is 1.12 bits per heavy atom. The summed E-state index contributed by atoms with van der Waals surface area (Å²) in [6.07, 6.45) is 0.220. The Morgan fingerprint density at radius 2 is 1.76 bits per heavy atom. The smallest absolute Gasteiger partial charge is 0.228 e. The fourth-order valence-electron chi connectivity index (χ4n) is 3.49. The Balaban J connectivity index is 1.67. The van der Waals surface area contributed by atoms with Gasteiger partial charge in [0.25, 0.3) is 0 Å². The van der Waals surface area contributed by atoms with Gasteiger partial charge >= 0.3 is 0 Å². The summed E-state index contributed by atoms with van der Waals surface area (Å²) in [5, 5.41) is 0.612. The molecule has 1 atom stereocenters. The van der Waals surface area contributed by atoms with Crippen molar-refractivity contribution in [3.8, 4) is 0 Å². The number of carbonyl (C=O) groups excluding carboxylic acids is 3. The molecule has 25 heavy (non-hydrogen) atoms. The van der Waals surface area contributed by atoms with Crippen molar-refractivity contribution in [3.63, 3.8) is 0 Å². The van der Waals surface area contributed by atoms with Gasteiger partial charge in [0, 0.05) is 56.8 Å². The summed E-state index contributed by atoms with van der Waals surface area (Å²) >= 11 is 6.15. The minimum Gasteiger partial charge on any atom is -0.339 e. The second-order valence-corrected chi connectivity index (χ2v) is 7.03. The highest BCUT2D eigenvalue weighted by Crippen LogP contribution is 2.32. The molecule has 134 valence electrons. The summed E-state index contributed by atoms with van der Waals surface area (Å²) in [5.41, 5.74) is 1.62. The van der Waals surface area contributed by atoms with Gasteiger partial charge in [-0.25, -0.2) is 0 Å². The first-order chi connectivity index (χ1) is 11.9. The number of benzene rings is 1. The summed E-state index contributed by atoms with van der Waals surface area (Å²) in [4.78, 5) is 41.8. The second kappa shape index (κ2) is 7.04. The quantitative estimate of drug-likeness (QED) is 0.803. The van der Waals surface area contributed by atoms with E-state index in [1.807, 2.05) is 19.1 Å². The van der Waals surface area contributed by atoms with Gasteiger partial charge < -0.3 is 14.7 Å². The molecule has 2 heterocycles. The van der Waals surface area contributed by atoms with Crippen molar-refractivity contribution in [3.05, 3.63) is 28.8 Å². The van der Waals surface area contributed by atoms with Gasteiger partial charge in [0.05, 0.1) is 5.92 Å². The minimum absolute atomic E-state index is 0.00117. The van der Waals surface area contributed by atoms with Crippen molar-refractivity contribution >= 4 is 35.0 Å². The topological polar surface area (TPSA) is 60.9 Å². The van der Waals surface area contributed by atoms with Crippen LogP contribution in [0.2, 0.25) is 5.02 Å². The highest BCUT2D eigenvalue weighted by Gasteiger charge is 2.38. The fourth-order valence-corrected chi connectivity index (χ4v) is 3.66. The van der Waals surface area contributed by atoms with Crippen molar-refractivity contribution in [1.29, 1.82) is 0 Å². The zero-order valence-corrected chi connectivity index (χ0v) is 15.3. The summed E-state index contributed by atoms with van der Waals surface area (Å²) < 4.78 is 0. The molecule has 0 aromatic heterocycles. The molecule has 0 N–H and O–H groups in total. The number of halogens is 1. The van der Waals surface area contributed by atoms with Crippen molar-refractivity contribution in [2.24, 2.45) is 5.92 Å². The van der Waals surface area contributed by atoms with E-state index in [9.17, 15) is 14.4 Å². The molecule has 0 aliphatic carbocycles. The molecule has 0 bridgehead atoms. The highest BCUT2D eigenvalue weighted by molar-refractivity contribution is 6.31. The maximum atomic E-state index is 12.8. The van der Waals surface area contributed by atoms with E-state index < -0.39 is 0 Å². The van der Waals surface area contributed by atoms with Crippen LogP contribution in [0.25, 0.3) is 0 Å². The number of hydrogen-bond acceptors (Lipinski definition) is 3. The summed E-state index contributed by atoms with van der Waals surface area (Å²) in [7, 11) is 0.